The van der Waals surface area contributed by atoms with Crippen LogP contribution in [0.1, 0.15) is 29.4 Å². The highest BCUT2D eigenvalue weighted by molar-refractivity contribution is 5.23. The lowest BCUT2D eigenvalue weighted by Crippen LogP contribution is -2.09. The van der Waals surface area contributed by atoms with Crippen molar-refractivity contribution in [3.05, 3.63) is 58.9 Å². The number of rotatable bonds is 6. The molecule has 0 aliphatic heterocycles. The highest BCUT2D eigenvalue weighted by atomic mass is 15.4. The van der Waals surface area contributed by atoms with Crippen LogP contribution in [0, 0.1) is 6.92 Å². The van der Waals surface area contributed by atoms with Crippen molar-refractivity contribution < 1.29 is 0 Å². The SMILES string of the molecule is C=C(C)Cn1nnc(CN)c1CCc1ccc(C)cc1. The molecule has 0 saturated heterocycles. The Morgan fingerprint density at radius 1 is 1.25 bits per heavy atom. The Kier molecular flexibility index (Phi) is 4.69. The van der Waals surface area contributed by atoms with Gasteiger partial charge in [-0.3, -0.25) is 0 Å². The van der Waals surface area contributed by atoms with Crippen LogP contribution in [0.5, 0.6) is 0 Å². The Morgan fingerprint density at radius 2 is 1.95 bits per heavy atom. The second kappa shape index (κ2) is 6.48. The highest BCUT2D eigenvalue weighted by Gasteiger charge is 2.11. The summed E-state index contributed by atoms with van der Waals surface area (Å²) in [6.07, 6.45) is 1.87. The minimum Gasteiger partial charge on any atom is -0.325 e. The summed E-state index contributed by atoms with van der Waals surface area (Å²) in [5.74, 6) is 0. The molecular weight excluding hydrogens is 248 g/mol. The van der Waals surface area contributed by atoms with E-state index in [4.69, 9.17) is 5.73 Å². The summed E-state index contributed by atoms with van der Waals surface area (Å²) in [5, 5.41) is 8.34. The van der Waals surface area contributed by atoms with Crippen molar-refractivity contribution in [3.63, 3.8) is 0 Å². The van der Waals surface area contributed by atoms with Gasteiger partial charge < -0.3 is 5.73 Å². The second-order valence-corrected chi connectivity index (χ2v) is 5.29. The first kappa shape index (κ1) is 14.5. The first-order chi connectivity index (χ1) is 9.60. The van der Waals surface area contributed by atoms with Crippen molar-refractivity contribution in [3.8, 4) is 0 Å². The number of hydrogen-bond donors (Lipinski definition) is 1. The zero-order valence-electron chi connectivity index (χ0n) is 12.3. The third-order valence-corrected chi connectivity index (χ3v) is 3.30. The van der Waals surface area contributed by atoms with Crippen LogP contribution in [-0.2, 0) is 25.9 Å². The molecule has 4 heteroatoms. The summed E-state index contributed by atoms with van der Waals surface area (Å²) < 4.78 is 1.92. The quantitative estimate of drug-likeness (QED) is 0.820. The molecule has 0 unspecified atom stereocenters. The van der Waals surface area contributed by atoms with E-state index < -0.39 is 0 Å². The van der Waals surface area contributed by atoms with E-state index >= 15 is 0 Å². The van der Waals surface area contributed by atoms with E-state index in [9.17, 15) is 0 Å². The largest absolute Gasteiger partial charge is 0.325 e. The maximum absolute atomic E-state index is 5.75. The molecule has 1 aromatic heterocycles. The molecule has 2 rings (SSSR count). The maximum Gasteiger partial charge on any atom is 0.0994 e. The Morgan fingerprint density at radius 3 is 2.55 bits per heavy atom. The van der Waals surface area contributed by atoms with Gasteiger partial charge in [0.2, 0.25) is 0 Å². The van der Waals surface area contributed by atoms with Crippen LogP contribution in [0.3, 0.4) is 0 Å². The first-order valence-corrected chi connectivity index (χ1v) is 6.91. The molecule has 1 heterocycles. The fourth-order valence-corrected chi connectivity index (χ4v) is 2.20. The second-order valence-electron chi connectivity index (χ2n) is 5.29. The van der Waals surface area contributed by atoms with Gasteiger partial charge >= 0.3 is 0 Å². The van der Waals surface area contributed by atoms with Gasteiger partial charge in [-0.15, -0.1) is 5.10 Å². The zero-order valence-corrected chi connectivity index (χ0v) is 12.3. The van der Waals surface area contributed by atoms with E-state index in [0.717, 1.165) is 29.8 Å². The molecule has 0 fully saturated rings. The van der Waals surface area contributed by atoms with Gasteiger partial charge in [0.05, 0.1) is 17.9 Å². The predicted molar refractivity (Wildman–Crippen MR) is 81.3 cm³/mol. The standard InChI is InChI=1S/C16H22N4/c1-12(2)11-20-16(15(10-17)18-19-20)9-8-14-6-4-13(3)5-7-14/h4-7H,1,8-11,17H2,2-3H3. The van der Waals surface area contributed by atoms with Gasteiger partial charge in [0.25, 0.3) is 0 Å². The lowest BCUT2D eigenvalue weighted by Gasteiger charge is -2.08. The fourth-order valence-electron chi connectivity index (χ4n) is 2.20. The molecule has 106 valence electrons. The van der Waals surface area contributed by atoms with Gasteiger partial charge in [-0.25, -0.2) is 4.68 Å². The lowest BCUT2D eigenvalue weighted by atomic mass is 10.1. The maximum atomic E-state index is 5.75. The van der Waals surface area contributed by atoms with Crippen molar-refractivity contribution in [2.24, 2.45) is 5.73 Å². The van der Waals surface area contributed by atoms with Crippen LogP contribution < -0.4 is 5.73 Å². The molecule has 0 aliphatic rings. The minimum atomic E-state index is 0.430. The Hall–Kier alpha value is -1.94. The topological polar surface area (TPSA) is 56.7 Å². The Balaban J connectivity index is 2.12. The molecule has 2 N–H and O–H groups in total. The van der Waals surface area contributed by atoms with Crippen molar-refractivity contribution >= 4 is 0 Å². The number of aryl methyl sites for hydroxylation is 2. The monoisotopic (exact) mass is 270 g/mol. The van der Waals surface area contributed by atoms with Gasteiger partial charge in [0.15, 0.2) is 0 Å². The molecule has 1 aromatic carbocycles. The molecule has 0 aliphatic carbocycles. The van der Waals surface area contributed by atoms with E-state index in [2.05, 4.69) is 48.1 Å². The molecule has 0 spiro atoms. The average molecular weight is 270 g/mol. The smallest absolute Gasteiger partial charge is 0.0994 e. The van der Waals surface area contributed by atoms with Crippen LogP contribution in [0.15, 0.2) is 36.4 Å². The molecule has 0 saturated carbocycles. The van der Waals surface area contributed by atoms with E-state index in [-0.39, 0.29) is 0 Å². The summed E-state index contributed by atoms with van der Waals surface area (Å²) in [7, 11) is 0. The fraction of sp³-hybridized carbons (Fsp3) is 0.375. The van der Waals surface area contributed by atoms with Crippen molar-refractivity contribution in [2.45, 2.75) is 39.8 Å². The van der Waals surface area contributed by atoms with Gasteiger partial charge in [0.1, 0.15) is 0 Å². The number of hydrogen-bond acceptors (Lipinski definition) is 3. The molecular formula is C16H22N4. The van der Waals surface area contributed by atoms with Crippen LogP contribution in [0.2, 0.25) is 0 Å². The summed E-state index contributed by atoms with van der Waals surface area (Å²) in [6.45, 7) is 9.16. The molecule has 0 atom stereocenters. The first-order valence-electron chi connectivity index (χ1n) is 6.91. The summed E-state index contributed by atoms with van der Waals surface area (Å²) in [6, 6.07) is 8.62. The number of nitrogens with two attached hydrogens (primary N) is 1. The molecule has 4 nitrogen and oxygen atoms in total. The third-order valence-electron chi connectivity index (χ3n) is 3.30. The zero-order chi connectivity index (χ0) is 14.5. The van der Waals surface area contributed by atoms with Gasteiger partial charge in [0, 0.05) is 6.54 Å². The molecule has 20 heavy (non-hydrogen) atoms. The van der Waals surface area contributed by atoms with Crippen LogP contribution in [-0.4, -0.2) is 15.0 Å². The van der Waals surface area contributed by atoms with Crippen molar-refractivity contribution in [1.82, 2.24) is 15.0 Å². The van der Waals surface area contributed by atoms with Crippen molar-refractivity contribution in [2.75, 3.05) is 0 Å². The van der Waals surface area contributed by atoms with E-state index in [1.165, 1.54) is 11.1 Å². The third kappa shape index (κ3) is 3.54. The van der Waals surface area contributed by atoms with Crippen molar-refractivity contribution in [1.29, 1.82) is 0 Å². The number of nitrogens with zero attached hydrogens (tertiary/aromatic N) is 3. The van der Waals surface area contributed by atoms with E-state index in [1.54, 1.807) is 0 Å². The highest BCUT2D eigenvalue weighted by Crippen LogP contribution is 2.12. The van der Waals surface area contributed by atoms with Gasteiger partial charge in [-0.1, -0.05) is 47.2 Å². The molecule has 2 aromatic rings. The van der Waals surface area contributed by atoms with E-state index in [1.807, 2.05) is 11.6 Å². The summed E-state index contributed by atoms with van der Waals surface area (Å²) >= 11 is 0. The molecule has 0 radical (unpaired) electrons. The Labute approximate surface area is 120 Å². The predicted octanol–water partition coefficient (Wildman–Crippen LogP) is 2.41. The van der Waals surface area contributed by atoms with Gasteiger partial charge in [-0.05, 0) is 32.3 Å². The lowest BCUT2D eigenvalue weighted by molar-refractivity contribution is 0.610. The number of allylic oxidation sites excluding steroid dienone is 1. The number of aromatic nitrogens is 3. The normalized spacial score (nSPS) is 10.8. The summed E-state index contributed by atoms with van der Waals surface area (Å²) in [4.78, 5) is 0. The summed E-state index contributed by atoms with van der Waals surface area (Å²) in [5.41, 5.74) is 11.4. The van der Waals surface area contributed by atoms with Crippen LogP contribution in [0.4, 0.5) is 0 Å². The molecule has 0 amide bonds. The van der Waals surface area contributed by atoms with Crippen LogP contribution >= 0.6 is 0 Å². The molecule has 0 bridgehead atoms. The van der Waals surface area contributed by atoms with Crippen LogP contribution in [0.25, 0.3) is 0 Å². The van der Waals surface area contributed by atoms with Gasteiger partial charge in [-0.2, -0.15) is 0 Å². The Bertz CT molecular complexity index is 581. The minimum absolute atomic E-state index is 0.430. The average Bonchev–Trinajstić information content (AvgIpc) is 2.79. The number of benzene rings is 1. The van der Waals surface area contributed by atoms with E-state index in [0.29, 0.717) is 13.1 Å².